The van der Waals surface area contributed by atoms with E-state index in [-0.39, 0.29) is 11.8 Å². The van der Waals surface area contributed by atoms with Crippen molar-refractivity contribution in [1.82, 2.24) is 30.0 Å². The molecule has 3 rings (SSSR count). The monoisotopic (exact) mass is 358 g/mol. The lowest BCUT2D eigenvalue weighted by atomic mass is 10.1. The Morgan fingerprint density at radius 3 is 2.46 bits per heavy atom. The van der Waals surface area contributed by atoms with E-state index in [4.69, 9.17) is 4.74 Å². The largest absolute Gasteiger partial charge is 0.496 e. The van der Waals surface area contributed by atoms with Gasteiger partial charge in [0.25, 0.3) is 5.91 Å². The minimum Gasteiger partial charge on any atom is -0.496 e. The van der Waals surface area contributed by atoms with Crippen molar-refractivity contribution >= 4 is 11.8 Å². The fourth-order valence-electron chi connectivity index (χ4n) is 2.97. The molecule has 9 heteroatoms. The number of carbonyl (C=O) groups excluding carboxylic acids is 2. The van der Waals surface area contributed by atoms with Crippen molar-refractivity contribution in [2.75, 3.05) is 33.3 Å². The number of aromatic nitrogens is 4. The second-order valence-corrected chi connectivity index (χ2v) is 6.07. The highest BCUT2D eigenvalue weighted by Crippen LogP contribution is 2.20. The number of aryl methyl sites for hydroxylation is 2. The quantitative estimate of drug-likeness (QED) is 0.766. The number of methoxy groups -OCH3 is 1. The van der Waals surface area contributed by atoms with Crippen molar-refractivity contribution in [2.45, 2.75) is 19.9 Å². The molecule has 1 aliphatic heterocycles. The van der Waals surface area contributed by atoms with Gasteiger partial charge in [-0.1, -0.05) is 12.1 Å². The highest BCUT2D eigenvalue weighted by atomic mass is 16.5. The van der Waals surface area contributed by atoms with E-state index >= 15 is 0 Å². The van der Waals surface area contributed by atoms with Crippen LogP contribution in [0.15, 0.2) is 24.3 Å². The number of hydrogen-bond acceptors (Lipinski definition) is 6. The third-order valence-corrected chi connectivity index (χ3v) is 4.51. The van der Waals surface area contributed by atoms with Crippen LogP contribution < -0.4 is 4.74 Å². The third kappa shape index (κ3) is 3.81. The Labute approximate surface area is 151 Å². The Bertz CT molecular complexity index is 782. The molecule has 2 aromatic rings. The molecule has 26 heavy (non-hydrogen) atoms. The Morgan fingerprint density at radius 1 is 1.12 bits per heavy atom. The average Bonchev–Trinajstić information content (AvgIpc) is 3.10. The van der Waals surface area contributed by atoms with Crippen molar-refractivity contribution in [3.8, 4) is 5.75 Å². The molecule has 1 aliphatic rings. The number of ether oxygens (including phenoxy) is 1. The zero-order valence-electron chi connectivity index (χ0n) is 15.0. The maximum absolute atomic E-state index is 12.7. The smallest absolute Gasteiger partial charge is 0.257 e. The zero-order valence-corrected chi connectivity index (χ0v) is 15.0. The Morgan fingerprint density at radius 2 is 1.81 bits per heavy atom. The standard InChI is InChI=1S/C17H22N6O3/c1-13-18-19-20-23(13)8-7-16(24)21-9-11-22(12-10-21)17(25)14-5-3-4-6-15(14)26-2/h3-6H,7-12H2,1-2H3. The van der Waals surface area contributed by atoms with Gasteiger partial charge in [0, 0.05) is 32.6 Å². The highest BCUT2D eigenvalue weighted by Gasteiger charge is 2.26. The number of para-hydroxylation sites is 1. The Balaban J connectivity index is 1.53. The molecule has 2 heterocycles. The van der Waals surface area contributed by atoms with Crippen LogP contribution in [0.1, 0.15) is 22.6 Å². The maximum Gasteiger partial charge on any atom is 0.257 e. The van der Waals surface area contributed by atoms with E-state index in [0.29, 0.717) is 56.3 Å². The maximum atomic E-state index is 12.7. The van der Waals surface area contributed by atoms with E-state index < -0.39 is 0 Å². The lowest BCUT2D eigenvalue weighted by molar-refractivity contribution is -0.132. The molecule has 0 radical (unpaired) electrons. The molecule has 0 N–H and O–H groups in total. The molecule has 138 valence electrons. The van der Waals surface area contributed by atoms with Crippen molar-refractivity contribution in [1.29, 1.82) is 0 Å². The molecule has 0 unspecified atom stereocenters. The molecule has 1 aromatic carbocycles. The van der Waals surface area contributed by atoms with E-state index in [0.717, 1.165) is 0 Å². The van der Waals surface area contributed by atoms with Gasteiger partial charge in [0.05, 0.1) is 19.2 Å². The second kappa shape index (κ2) is 7.94. The van der Waals surface area contributed by atoms with E-state index in [2.05, 4.69) is 15.5 Å². The van der Waals surface area contributed by atoms with Gasteiger partial charge in [-0.05, 0) is 29.5 Å². The first-order valence-corrected chi connectivity index (χ1v) is 8.53. The molecule has 9 nitrogen and oxygen atoms in total. The normalized spacial score (nSPS) is 14.4. The lowest BCUT2D eigenvalue weighted by Crippen LogP contribution is -2.50. The minimum atomic E-state index is -0.0705. The van der Waals surface area contributed by atoms with Gasteiger partial charge < -0.3 is 14.5 Å². The number of tetrazole rings is 1. The van der Waals surface area contributed by atoms with Crippen LogP contribution >= 0.6 is 0 Å². The molecule has 0 saturated carbocycles. The van der Waals surface area contributed by atoms with Gasteiger partial charge >= 0.3 is 0 Å². The highest BCUT2D eigenvalue weighted by molar-refractivity contribution is 5.97. The first kappa shape index (κ1) is 17.8. The minimum absolute atomic E-state index is 0.0456. The van der Waals surface area contributed by atoms with Gasteiger partial charge in [-0.2, -0.15) is 0 Å². The van der Waals surface area contributed by atoms with Crippen molar-refractivity contribution in [3.63, 3.8) is 0 Å². The zero-order chi connectivity index (χ0) is 18.5. The van der Waals surface area contributed by atoms with Crippen LogP contribution in [0.25, 0.3) is 0 Å². The number of benzene rings is 1. The predicted molar refractivity (Wildman–Crippen MR) is 92.6 cm³/mol. The predicted octanol–water partition coefficient (Wildman–Crippen LogP) is 0.365. The fraction of sp³-hybridized carbons (Fsp3) is 0.471. The number of piperazine rings is 1. The summed E-state index contributed by atoms with van der Waals surface area (Å²) < 4.78 is 6.87. The number of hydrogen-bond donors (Lipinski definition) is 0. The van der Waals surface area contributed by atoms with Crippen molar-refractivity contribution in [3.05, 3.63) is 35.7 Å². The summed E-state index contributed by atoms with van der Waals surface area (Å²) in [6.07, 6.45) is 0.340. The van der Waals surface area contributed by atoms with E-state index in [1.54, 1.807) is 40.6 Å². The molecule has 0 spiro atoms. The van der Waals surface area contributed by atoms with Crippen LogP contribution in [0.5, 0.6) is 5.75 Å². The third-order valence-electron chi connectivity index (χ3n) is 4.51. The van der Waals surface area contributed by atoms with Crippen LogP contribution in [0.3, 0.4) is 0 Å². The molecule has 0 bridgehead atoms. The summed E-state index contributed by atoms with van der Waals surface area (Å²) in [5.74, 6) is 1.22. The van der Waals surface area contributed by atoms with Gasteiger partial charge in [0.15, 0.2) is 0 Å². The molecule has 1 saturated heterocycles. The van der Waals surface area contributed by atoms with Crippen LogP contribution in [-0.2, 0) is 11.3 Å². The van der Waals surface area contributed by atoms with Crippen LogP contribution in [0.2, 0.25) is 0 Å². The fourth-order valence-corrected chi connectivity index (χ4v) is 2.97. The summed E-state index contributed by atoms with van der Waals surface area (Å²) in [6, 6.07) is 7.18. The van der Waals surface area contributed by atoms with Crippen LogP contribution in [0, 0.1) is 6.92 Å². The molecular formula is C17H22N6O3. The van der Waals surface area contributed by atoms with Crippen molar-refractivity contribution < 1.29 is 14.3 Å². The summed E-state index contributed by atoms with van der Waals surface area (Å²) in [5.41, 5.74) is 0.545. The molecule has 2 amide bonds. The van der Waals surface area contributed by atoms with E-state index in [9.17, 15) is 9.59 Å². The molecule has 0 atom stereocenters. The summed E-state index contributed by atoms with van der Waals surface area (Å²) in [7, 11) is 1.55. The summed E-state index contributed by atoms with van der Waals surface area (Å²) in [6.45, 7) is 4.31. The first-order valence-electron chi connectivity index (χ1n) is 8.53. The number of amides is 2. The van der Waals surface area contributed by atoms with E-state index in [1.807, 2.05) is 12.1 Å². The number of rotatable bonds is 5. The molecule has 1 fully saturated rings. The molecule has 1 aromatic heterocycles. The Hall–Kier alpha value is -2.97. The first-order chi connectivity index (χ1) is 12.6. The SMILES string of the molecule is COc1ccccc1C(=O)N1CCN(C(=O)CCn2nnnc2C)CC1. The van der Waals surface area contributed by atoms with Gasteiger partial charge in [-0.15, -0.1) is 5.10 Å². The van der Waals surface area contributed by atoms with Gasteiger partial charge in [-0.3, -0.25) is 9.59 Å². The molecular weight excluding hydrogens is 336 g/mol. The summed E-state index contributed by atoms with van der Waals surface area (Å²) >= 11 is 0. The van der Waals surface area contributed by atoms with Crippen LogP contribution in [0.4, 0.5) is 0 Å². The molecule has 0 aliphatic carbocycles. The lowest BCUT2D eigenvalue weighted by Gasteiger charge is -2.35. The summed E-state index contributed by atoms with van der Waals surface area (Å²) in [5, 5.41) is 11.2. The number of carbonyl (C=O) groups is 2. The van der Waals surface area contributed by atoms with Gasteiger partial charge in [0.1, 0.15) is 11.6 Å². The van der Waals surface area contributed by atoms with Gasteiger partial charge in [0.2, 0.25) is 5.91 Å². The average molecular weight is 358 g/mol. The number of nitrogens with zero attached hydrogens (tertiary/aromatic N) is 6. The van der Waals surface area contributed by atoms with Crippen molar-refractivity contribution in [2.24, 2.45) is 0 Å². The van der Waals surface area contributed by atoms with Gasteiger partial charge in [-0.25, -0.2) is 4.68 Å². The van der Waals surface area contributed by atoms with E-state index in [1.165, 1.54) is 0 Å². The topological polar surface area (TPSA) is 93.5 Å². The van der Waals surface area contributed by atoms with Crippen LogP contribution in [-0.4, -0.2) is 75.1 Å². The summed E-state index contributed by atoms with van der Waals surface area (Å²) in [4.78, 5) is 28.6. The Kier molecular flexibility index (Phi) is 5.45. The second-order valence-electron chi connectivity index (χ2n) is 6.07.